The molecule has 1 atom stereocenters. The van der Waals surface area contributed by atoms with Crippen LogP contribution in [0.2, 0.25) is 0 Å². The van der Waals surface area contributed by atoms with Gasteiger partial charge in [-0.25, -0.2) is 4.39 Å². The van der Waals surface area contributed by atoms with Crippen molar-refractivity contribution in [3.63, 3.8) is 0 Å². The molecule has 1 N–H and O–H groups in total. The minimum absolute atomic E-state index is 0.182. The van der Waals surface area contributed by atoms with Crippen LogP contribution in [0.4, 0.5) is 4.39 Å². The van der Waals surface area contributed by atoms with Crippen molar-refractivity contribution in [3.05, 3.63) is 76.5 Å². The van der Waals surface area contributed by atoms with Gasteiger partial charge in [-0.3, -0.25) is 9.59 Å². The maximum atomic E-state index is 13.4. The van der Waals surface area contributed by atoms with Gasteiger partial charge in [0.15, 0.2) is 6.61 Å². The number of carbonyl (C=O) groups is 2. The Kier molecular flexibility index (Phi) is 9.45. The standard InChI is InChI=1S/C27H30BrFN2O3/c1-3-5-16-30-27(33)23(4-2)31(17-19-10-13-21(29)14-11-19)25(32)18-34-24-15-12-20-8-6-7-9-22(20)26(24)28/h6-15,23H,3-5,16-18H2,1-2H3,(H,30,33)/t23-/m1/s1. The van der Waals surface area contributed by atoms with Crippen LogP contribution in [0.25, 0.3) is 10.8 Å². The predicted molar refractivity (Wildman–Crippen MR) is 136 cm³/mol. The molecular formula is C27H30BrFN2O3. The number of hydrogen-bond donors (Lipinski definition) is 1. The first kappa shape index (κ1) is 25.7. The summed E-state index contributed by atoms with van der Waals surface area (Å²) in [5.74, 6) is -0.315. The number of carbonyl (C=O) groups excluding carboxylic acids is 2. The first-order chi connectivity index (χ1) is 16.4. The highest BCUT2D eigenvalue weighted by Crippen LogP contribution is 2.33. The highest BCUT2D eigenvalue weighted by Gasteiger charge is 2.29. The third-order valence-corrected chi connectivity index (χ3v) is 6.48. The van der Waals surface area contributed by atoms with Crippen molar-refractivity contribution in [2.24, 2.45) is 0 Å². The van der Waals surface area contributed by atoms with Gasteiger partial charge in [0, 0.05) is 13.1 Å². The van der Waals surface area contributed by atoms with Crippen LogP contribution >= 0.6 is 15.9 Å². The van der Waals surface area contributed by atoms with Crippen molar-refractivity contribution in [1.29, 1.82) is 0 Å². The van der Waals surface area contributed by atoms with Crippen LogP contribution in [0.1, 0.15) is 38.7 Å². The Morgan fingerprint density at radius 1 is 1.06 bits per heavy atom. The molecule has 2 amide bonds. The number of halogens is 2. The Morgan fingerprint density at radius 3 is 2.50 bits per heavy atom. The summed E-state index contributed by atoms with van der Waals surface area (Å²) < 4.78 is 20.1. The van der Waals surface area contributed by atoms with Gasteiger partial charge in [0.2, 0.25) is 5.91 Å². The number of nitrogens with zero attached hydrogens (tertiary/aromatic N) is 1. The smallest absolute Gasteiger partial charge is 0.261 e. The second-order valence-electron chi connectivity index (χ2n) is 8.10. The van der Waals surface area contributed by atoms with Gasteiger partial charge in [0.25, 0.3) is 5.91 Å². The summed E-state index contributed by atoms with van der Waals surface area (Å²) in [5.41, 5.74) is 0.737. The molecule has 7 heteroatoms. The zero-order valence-electron chi connectivity index (χ0n) is 19.5. The quantitative estimate of drug-likeness (QED) is 0.318. The molecule has 0 unspecified atom stereocenters. The second kappa shape index (κ2) is 12.5. The Hall–Kier alpha value is -2.93. The van der Waals surface area contributed by atoms with E-state index in [2.05, 4.69) is 28.2 Å². The van der Waals surface area contributed by atoms with E-state index < -0.39 is 6.04 Å². The fraction of sp³-hybridized carbons (Fsp3) is 0.333. The van der Waals surface area contributed by atoms with E-state index in [-0.39, 0.29) is 30.8 Å². The van der Waals surface area contributed by atoms with Crippen LogP contribution in [0, 0.1) is 5.82 Å². The fourth-order valence-electron chi connectivity index (χ4n) is 3.76. The summed E-state index contributed by atoms with van der Waals surface area (Å²) in [5, 5.41) is 4.97. The SMILES string of the molecule is CCCCNC(=O)[C@@H](CC)N(Cc1ccc(F)cc1)C(=O)COc1ccc2ccccc2c1Br. The van der Waals surface area contributed by atoms with E-state index in [1.807, 2.05) is 43.3 Å². The van der Waals surface area contributed by atoms with E-state index in [9.17, 15) is 14.0 Å². The predicted octanol–water partition coefficient (Wildman–Crippen LogP) is 5.84. The lowest BCUT2D eigenvalue weighted by Crippen LogP contribution is -2.50. The normalized spacial score (nSPS) is 11.8. The van der Waals surface area contributed by atoms with Crippen LogP contribution in [0.3, 0.4) is 0 Å². The van der Waals surface area contributed by atoms with Crippen molar-refractivity contribution < 1.29 is 18.7 Å². The zero-order valence-corrected chi connectivity index (χ0v) is 21.1. The number of rotatable bonds is 11. The highest BCUT2D eigenvalue weighted by atomic mass is 79.9. The van der Waals surface area contributed by atoms with Crippen molar-refractivity contribution in [2.75, 3.05) is 13.2 Å². The molecule has 0 spiro atoms. The lowest BCUT2D eigenvalue weighted by atomic mass is 10.1. The van der Waals surface area contributed by atoms with Crippen molar-refractivity contribution >= 4 is 38.5 Å². The van der Waals surface area contributed by atoms with E-state index in [4.69, 9.17) is 4.74 Å². The number of unbranched alkanes of at least 4 members (excludes halogenated alkanes) is 1. The van der Waals surface area contributed by atoms with Crippen molar-refractivity contribution in [3.8, 4) is 5.75 Å². The van der Waals surface area contributed by atoms with Crippen LogP contribution in [0.15, 0.2) is 65.1 Å². The first-order valence-corrected chi connectivity index (χ1v) is 12.4. The summed E-state index contributed by atoms with van der Waals surface area (Å²) in [6, 6.07) is 16.9. The Morgan fingerprint density at radius 2 is 1.79 bits per heavy atom. The molecule has 0 aromatic heterocycles. The molecule has 0 heterocycles. The molecule has 0 saturated carbocycles. The molecule has 0 aliphatic carbocycles. The molecule has 0 aliphatic heterocycles. The van der Waals surface area contributed by atoms with Crippen LogP contribution in [-0.2, 0) is 16.1 Å². The second-order valence-corrected chi connectivity index (χ2v) is 8.90. The van der Waals surface area contributed by atoms with E-state index in [1.54, 1.807) is 12.1 Å². The van der Waals surface area contributed by atoms with E-state index in [1.165, 1.54) is 17.0 Å². The number of amides is 2. The van der Waals surface area contributed by atoms with Gasteiger partial charge in [0.1, 0.15) is 17.6 Å². The minimum atomic E-state index is -0.655. The average molecular weight is 529 g/mol. The Labute approximate surface area is 208 Å². The summed E-state index contributed by atoms with van der Waals surface area (Å²) >= 11 is 3.58. The topological polar surface area (TPSA) is 58.6 Å². The molecule has 3 aromatic carbocycles. The third-order valence-electron chi connectivity index (χ3n) is 5.66. The molecule has 0 saturated heterocycles. The maximum absolute atomic E-state index is 13.4. The van der Waals surface area contributed by atoms with Crippen LogP contribution in [-0.4, -0.2) is 35.9 Å². The molecular weight excluding hydrogens is 499 g/mol. The third kappa shape index (κ3) is 6.56. The number of fused-ring (bicyclic) bond motifs is 1. The lowest BCUT2D eigenvalue weighted by Gasteiger charge is -2.30. The summed E-state index contributed by atoms with van der Waals surface area (Å²) in [7, 11) is 0. The zero-order chi connectivity index (χ0) is 24.5. The molecule has 0 fully saturated rings. The summed E-state index contributed by atoms with van der Waals surface area (Å²) in [6.45, 7) is 4.44. The minimum Gasteiger partial charge on any atom is -0.483 e. The molecule has 0 radical (unpaired) electrons. The average Bonchev–Trinajstić information content (AvgIpc) is 2.85. The summed E-state index contributed by atoms with van der Waals surface area (Å²) in [4.78, 5) is 27.7. The van der Waals surface area contributed by atoms with Crippen LogP contribution in [0.5, 0.6) is 5.75 Å². The fourth-order valence-corrected chi connectivity index (χ4v) is 4.37. The van der Waals surface area contributed by atoms with Gasteiger partial charge in [-0.1, -0.05) is 62.7 Å². The molecule has 34 heavy (non-hydrogen) atoms. The number of hydrogen-bond acceptors (Lipinski definition) is 3. The van der Waals surface area contributed by atoms with E-state index >= 15 is 0 Å². The summed E-state index contributed by atoms with van der Waals surface area (Å²) in [6.07, 6.45) is 2.28. The molecule has 0 bridgehead atoms. The number of ether oxygens (including phenoxy) is 1. The number of nitrogens with one attached hydrogen (secondary N) is 1. The van der Waals surface area contributed by atoms with E-state index in [0.29, 0.717) is 18.7 Å². The first-order valence-electron chi connectivity index (χ1n) is 11.6. The van der Waals surface area contributed by atoms with Gasteiger partial charge in [0.05, 0.1) is 4.47 Å². The molecule has 180 valence electrons. The molecule has 3 rings (SSSR count). The number of benzene rings is 3. The van der Waals surface area contributed by atoms with Gasteiger partial charge in [-0.2, -0.15) is 0 Å². The monoisotopic (exact) mass is 528 g/mol. The maximum Gasteiger partial charge on any atom is 0.261 e. The lowest BCUT2D eigenvalue weighted by molar-refractivity contribution is -0.143. The van der Waals surface area contributed by atoms with Crippen molar-refractivity contribution in [1.82, 2.24) is 10.2 Å². The molecule has 3 aromatic rings. The van der Waals surface area contributed by atoms with Gasteiger partial charge < -0.3 is 15.0 Å². The van der Waals surface area contributed by atoms with Crippen molar-refractivity contribution in [2.45, 2.75) is 45.7 Å². The van der Waals surface area contributed by atoms with Gasteiger partial charge in [-0.15, -0.1) is 0 Å². The van der Waals surface area contributed by atoms with Gasteiger partial charge >= 0.3 is 0 Å². The van der Waals surface area contributed by atoms with E-state index in [0.717, 1.165) is 33.7 Å². The highest BCUT2D eigenvalue weighted by molar-refractivity contribution is 9.10. The van der Waals surface area contributed by atoms with Crippen LogP contribution < -0.4 is 10.1 Å². The molecule has 0 aliphatic rings. The Bertz CT molecular complexity index is 1120. The van der Waals surface area contributed by atoms with Gasteiger partial charge in [-0.05, 0) is 63.3 Å². The molecule has 5 nitrogen and oxygen atoms in total. The largest absolute Gasteiger partial charge is 0.483 e. The Balaban J connectivity index is 1.79.